The third-order valence-corrected chi connectivity index (χ3v) is 3.39. The summed E-state index contributed by atoms with van der Waals surface area (Å²) in [6, 6.07) is 11.9. The number of benzene rings is 1. The average Bonchev–Trinajstić information content (AvgIpc) is 2.54. The van der Waals surface area contributed by atoms with Gasteiger partial charge in [0.25, 0.3) is 0 Å². The Balaban J connectivity index is 2.15. The van der Waals surface area contributed by atoms with Crippen molar-refractivity contribution in [3.63, 3.8) is 0 Å². The molecule has 0 saturated carbocycles. The van der Waals surface area contributed by atoms with Crippen LogP contribution in [0.4, 0.5) is 5.95 Å². The van der Waals surface area contributed by atoms with Gasteiger partial charge >= 0.3 is 0 Å². The largest absolute Gasteiger partial charge is 0.368 e. The first-order chi connectivity index (χ1) is 11.1. The van der Waals surface area contributed by atoms with E-state index in [2.05, 4.69) is 32.9 Å². The van der Waals surface area contributed by atoms with Gasteiger partial charge in [-0.05, 0) is 32.0 Å². The number of pyridine rings is 1. The van der Waals surface area contributed by atoms with Crippen molar-refractivity contribution in [2.45, 2.75) is 13.8 Å². The summed E-state index contributed by atoms with van der Waals surface area (Å²) in [5, 5.41) is 0. The molecule has 0 saturated heterocycles. The topological polar surface area (TPSA) is 64.7 Å². The van der Waals surface area contributed by atoms with Crippen LogP contribution in [-0.4, -0.2) is 15.0 Å². The van der Waals surface area contributed by atoms with Gasteiger partial charge in [0.2, 0.25) is 5.95 Å². The first-order valence-corrected chi connectivity index (χ1v) is 7.26. The van der Waals surface area contributed by atoms with E-state index in [4.69, 9.17) is 5.73 Å². The smallest absolute Gasteiger partial charge is 0.220 e. The fourth-order valence-corrected chi connectivity index (χ4v) is 2.32. The van der Waals surface area contributed by atoms with Crippen LogP contribution in [0, 0.1) is 25.7 Å². The Hall–Kier alpha value is -3.19. The van der Waals surface area contributed by atoms with E-state index >= 15 is 0 Å². The number of nitrogens with two attached hydrogens (primary N) is 1. The lowest BCUT2D eigenvalue weighted by atomic mass is 10.0. The lowest BCUT2D eigenvalue weighted by Gasteiger charge is -2.08. The van der Waals surface area contributed by atoms with Gasteiger partial charge in [-0.25, -0.2) is 9.97 Å². The van der Waals surface area contributed by atoms with Crippen LogP contribution in [0.1, 0.15) is 22.4 Å². The highest BCUT2D eigenvalue weighted by Gasteiger charge is 2.11. The van der Waals surface area contributed by atoms with Crippen LogP contribution in [0.5, 0.6) is 0 Å². The van der Waals surface area contributed by atoms with Crippen LogP contribution in [0.2, 0.25) is 0 Å². The minimum Gasteiger partial charge on any atom is -0.368 e. The molecule has 0 spiro atoms. The Kier molecular flexibility index (Phi) is 4.03. The molecule has 0 aliphatic heterocycles. The van der Waals surface area contributed by atoms with Crippen LogP contribution in [-0.2, 0) is 0 Å². The van der Waals surface area contributed by atoms with Crippen LogP contribution in [0.25, 0.3) is 11.3 Å². The monoisotopic (exact) mass is 300 g/mol. The zero-order valence-electron chi connectivity index (χ0n) is 13.0. The summed E-state index contributed by atoms with van der Waals surface area (Å²) in [6.07, 6.45) is 3.45. The molecule has 2 heterocycles. The third kappa shape index (κ3) is 3.35. The molecule has 0 aliphatic rings. The molecule has 3 rings (SSSR count). The number of nitrogen functional groups attached to an aromatic ring is 1. The summed E-state index contributed by atoms with van der Waals surface area (Å²) in [5.41, 5.74) is 11.1. The van der Waals surface area contributed by atoms with Gasteiger partial charge in [-0.1, -0.05) is 35.6 Å². The van der Waals surface area contributed by atoms with Crippen molar-refractivity contribution >= 4 is 5.95 Å². The summed E-state index contributed by atoms with van der Waals surface area (Å²) in [5.74, 6) is 6.54. The van der Waals surface area contributed by atoms with Gasteiger partial charge in [0.05, 0.1) is 17.0 Å². The Bertz CT molecular complexity index is 906. The van der Waals surface area contributed by atoms with Crippen molar-refractivity contribution in [2.75, 3.05) is 5.73 Å². The highest BCUT2D eigenvalue weighted by molar-refractivity contribution is 5.70. The molecule has 23 heavy (non-hydrogen) atoms. The number of aromatic nitrogens is 3. The molecular weight excluding hydrogens is 284 g/mol. The number of rotatable bonds is 1. The second-order valence-corrected chi connectivity index (χ2v) is 5.25. The maximum Gasteiger partial charge on any atom is 0.220 e. The zero-order chi connectivity index (χ0) is 16.2. The maximum atomic E-state index is 5.83. The number of anilines is 1. The molecule has 0 aliphatic carbocycles. The van der Waals surface area contributed by atoms with E-state index < -0.39 is 0 Å². The van der Waals surface area contributed by atoms with Crippen molar-refractivity contribution in [2.24, 2.45) is 0 Å². The highest BCUT2D eigenvalue weighted by Crippen LogP contribution is 2.24. The molecule has 112 valence electrons. The number of aryl methyl sites for hydroxylation is 2. The Morgan fingerprint density at radius 3 is 2.61 bits per heavy atom. The predicted octanol–water partition coefficient (Wildman–Crippen LogP) is 3.14. The lowest BCUT2D eigenvalue weighted by Crippen LogP contribution is -2.03. The molecule has 0 atom stereocenters. The average molecular weight is 300 g/mol. The van der Waals surface area contributed by atoms with E-state index in [1.54, 1.807) is 12.4 Å². The van der Waals surface area contributed by atoms with Crippen molar-refractivity contribution in [3.8, 4) is 23.1 Å². The van der Waals surface area contributed by atoms with E-state index in [0.29, 0.717) is 0 Å². The standard InChI is InChI=1S/C19H16N4/c1-13-5-3-7-16(11-13)18-17(14(2)22-19(20)23-18)9-8-15-6-4-10-21-12-15/h3-7,10-12H,1-2H3,(H2,20,22,23). The predicted molar refractivity (Wildman–Crippen MR) is 91.6 cm³/mol. The highest BCUT2D eigenvalue weighted by atomic mass is 15.0. The zero-order valence-corrected chi connectivity index (χ0v) is 13.0. The molecule has 1 aromatic carbocycles. The van der Waals surface area contributed by atoms with E-state index in [9.17, 15) is 0 Å². The summed E-state index contributed by atoms with van der Waals surface area (Å²) in [4.78, 5) is 12.7. The van der Waals surface area contributed by atoms with E-state index in [-0.39, 0.29) is 5.95 Å². The van der Waals surface area contributed by atoms with Gasteiger partial charge in [0.1, 0.15) is 0 Å². The summed E-state index contributed by atoms with van der Waals surface area (Å²) in [6.45, 7) is 3.94. The summed E-state index contributed by atoms with van der Waals surface area (Å²) in [7, 11) is 0. The summed E-state index contributed by atoms with van der Waals surface area (Å²) >= 11 is 0. The van der Waals surface area contributed by atoms with Gasteiger partial charge in [-0.2, -0.15) is 0 Å². The van der Waals surface area contributed by atoms with Crippen LogP contribution in [0.3, 0.4) is 0 Å². The van der Waals surface area contributed by atoms with Crippen LogP contribution < -0.4 is 5.73 Å². The lowest BCUT2D eigenvalue weighted by molar-refractivity contribution is 1.11. The van der Waals surface area contributed by atoms with Gasteiger partial charge in [0, 0.05) is 23.5 Å². The van der Waals surface area contributed by atoms with Gasteiger partial charge < -0.3 is 5.73 Å². The van der Waals surface area contributed by atoms with Gasteiger partial charge in [-0.3, -0.25) is 4.98 Å². The second kappa shape index (κ2) is 6.29. The first-order valence-electron chi connectivity index (χ1n) is 7.26. The van der Waals surface area contributed by atoms with Crippen LogP contribution >= 0.6 is 0 Å². The van der Waals surface area contributed by atoms with Crippen molar-refractivity contribution in [1.29, 1.82) is 0 Å². The Morgan fingerprint density at radius 1 is 1.00 bits per heavy atom. The number of hydrogen-bond acceptors (Lipinski definition) is 4. The molecule has 2 N–H and O–H groups in total. The minimum absolute atomic E-state index is 0.255. The van der Waals surface area contributed by atoms with E-state index in [1.807, 2.05) is 44.2 Å². The Labute approximate surface area is 135 Å². The molecule has 4 heteroatoms. The molecule has 0 fully saturated rings. The quantitative estimate of drug-likeness (QED) is 0.701. The van der Waals surface area contributed by atoms with E-state index in [1.165, 1.54) is 0 Å². The SMILES string of the molecule is Cc1cccc(-c2nc(N)nc(C)c2C#Cc2cccnc2)c1. The maximum absolute atomic E-state index is 5.83. The fraction of sp³-hybridized carbons (Fsp3) is 0.105. The third-order valence-electron chi connectivity index (χ3n) is 3.39. The molecule has 3 aromatic rings. The fourth-order valence-electron chi connectivity index (χ4n) is 2.32. The molecular formula is C19H16N4. The Morgan fingerprint density at radius 2 is 1.87 bits per heavy atom. The van der Waals surface area contributed by atoms with Gasteiger partial charge in [-0.15, -0.1) is 0 Å². The minimum atomic E-state index is 0.255. The van der Waals surface area contributed by atoms with E-state index in [0.717, 1.165) is 33.6 Å². The number of nitrogens with zero attached hydrogens (tertiary/aromatic N) is 3. The first kappa shape index (κ1) is 14.7. The van der Waals surface area contributed by atoms with Gasteiger partial charge in [0.15, 0.2) is 0 Å². The van der Waals surface area contributed by atoms with Crippen molar-refractivity contribution in [3.05, 3.63) is 71.2 Å². The summed E-state index contributed by atoms with van der Waals surface area (Å²) < 4.78 is 0. The second-order valence-electron chi connectivity index (χ2n) is 5.25. The molecule has 2 aromatic heterocycles. The van der Waals surface area contributed by atoms with Crippen molar-refractivity contribution < 1.29 is 0 Å². The molecule has 4 nitrogen and oxygen atoms in total. The molecule has 0 bridgehead atoms. The molecule has 0 radical (unpaired) electrons. The molecule has 0 unspecified atom stereocenters. The normalized spacial score (nSPS) is 10.0. The van der Waals surface area contributed by atoms with Crippen molar-refractivity contribution in [1.82, 2.24) is 15.0 Å². The number of hydrogen-bond donors (Lipinski definition) is 1. The molecule has 0 amide bonds. The van der Waals surface area contributed by atoms with Crippen LogP contribution in [0.15, 0.2) is 48.8 Å².